The first-order valence-electron chi connectivity index (χ1n) is 10.5. The van der Waals surface area contributed by atoms with Crippen molar-refractivity contribution in [3.63, 3.8) is 0 Å². The fraction of sp³-hybridized carbons (Fsp3) is 0.364. The monoisotopic (exact) mass is 477 g/mol. The van der Waals surface area contributed by atoms with Crippen molar-refractivity contribution in [2.45, 2.75) is 44.8 Å². The zero-order valence-electron chi connectivity index (χ0n) is 17.8. The average Bonchev–Trinajstić information content (AvgIpc) is 3.24. The topological polar surface area (TPSA) is 101 Å². The zero-order valence-corrected chi connectivity index (χ0v) is 18.6. The number of likely N-dealkylation sites (tertiary alicyclic amines) is 1. The van der Waals surface area contributed by atoms with Crippen molar-refractivity contribution in [1.29, 1.82) is 0 Å². The largest absolute Gasteiger partial charge is 0.443 e. The standard InChI is InChI=1S/C22H22F3N5O2S/c1-2-12-9-14(11-27-18(12)26)28-19(31)20(32)30-8-4-3-5-16(30)13-6-7-17-15(10-13)29-21(33-17)22(23,24)25/h6-7,9-11,16H,2-5,8H2,1H3,(H2,26,27)(H,28,31)/t16-/m0/s1. The number of halogens is 3. The van der Waals surface area contributed by atoms with Crippen molar-refractivity contribution in [2.75, 3.05) is 17.6 Å². The minimum Gasteiger partial charge on any atom is -0.383 e. The number of piperidine rings is 1. The van der Waals surface area contributed by atoms with E-state index in [-0.39, 0.29) is 5.52 Å². The Labute approximate surface area is 191 Å². The van der Waals surface area contributed by atoms with Gasteiger partial charge in [-0.15, -0.1) is 11.3 Å². The molecule has 7 nitrogen and oxygen atoms in total. The fourth-order valence-corrected chi connectivity index (χ4v) is 4.79. The number of aryl methyl sites for hydroxylation is 1. The van der Waals surface area contributed by atoms with E-state index in [4.69, 9.17) is 5.73 Å². The van der Waals surface area contributed by atoms with Gasteiger partial charge in [0.2, 0.25) is 0 Å². The number of fused-ring (bicyclic) bond motifs is 1. The van der Waals surface area contributed by atoms with Gasteiger partial charge in [0.15, 0.2) is 5.01 Å². The predicted molar refractivity (Wildman–Crippen MR) is 120 cm³/mol. The lowest BCUT2D eigenvalue weighted by Gasteiger charge is -2.35. The van der Waals surface area contributed by atoms with E-state index >= 15 is 0 Å². The second-order valence-corrected chi connectivity index (χ2v) is 8.86. The van der Waals surface area contributed by atoms with Crippen LogP contribution in [-0.2, 0) is 22.2 Å². The van der Waals surface area contributed by atoms with Gasteiger partial charge in [-0.2, -0.15) is 13.2 Å². The van der Waals surface area contributed by atoms with E-state index in [9.17, 15) is 22.8 Å². The summed E-state index contributed by atoms with van der Waals surface area (Å²) in [6, 6.07) is 6.11. The van der Waals surface area contributed by atoms with Crippen LogP contribution in [-0.4, -0.2) is 33.2 Å². The number of alkyl halides is 3. The molecule has 1 fully saturated rings. The summed E-state index contributed by atoms with van der Waals surface area (Å²) < 4.78 is 39.5. The van der Waals surface area contributed by atoms with Crippen molar-refractivity contribution in [3.8, 4) is 0 Å². The van der Waals surface area contributed by atoms with Crippen LogP contribution in [0.15, 0.2) is 30.5 Å². The van der Waals surface area contributed by atoms with Gasteiger partial charge in [0, 0.05) is 6.54 Å². The quantitative estimate of drug-likeness (QED) is 0.539. The van der Waals surface area contributed by atoms with E-state index in [0.717, 1.165) is 18.4 Å². The van der Waals surface area contributed by atoms with Crippen LogP contribution in [0.1, 0.15) is 48.4 Å². The number of amides is 2. The number of pyridine rings is 1. The van der Waals surface area contributed by atoms with Crippen LogP contribution in [0.2, 0.25) is 0 Å². The van der Waals surface area contributed by atoms with Gasteiger partial charge in [0.05, 0.1) is 28.1 Å². The summed E-state index contributed by atoms with van der Waals surface area (Å²) in [5, 5.41) is 1.67. The Morgan fingerprint density at radius 3 is 2.79 bits per heavy atom. The van der Waals surface area contributed by atoms with Crippen LogP contribution in [0.4, 0.5) is 24.7 Å². The van der Waals surface area contributed by atoms with Crippen molar-refractivity contribution in [1.82, 2.24) is 14.9 Å². The average molecular weight is 478 g/mol. The molecule has 0 aliphatic carbocycles. The van der Waals surface area contributed by atoms with Crippen LogP contribution in [0.3, 0.4) is 0 Å². The summed E-state index contributed by atoms with van der Waals surface area (Å²) in [6.45, 7) is 2.28. The molecule has 0 spiro atoms. The molecule has 3 heterocycles. The van der Waals surface area contributed by atoms with Crippen LogP contribution in [0.5, 0.6) is 0 Å². The lowest BCUT2D eigenvalue weighted by molar-refractivity contribution is -0.145. The predicted octanol–water partition coefficient (Wildman–Crippen LogP) is 4.55. The molecule has 0 bridgehead atoms. The summed E-state index contributed by atoms with van der Waals surface area (Å²) in [7, 11) is 0. The number of thiazole rings is 1. The minimum absolute atomic E-state index is 0.229. The highest BCUT2D eigenvalue weighted by Gasteiger charge is 2.36. The van der Waals surface area contributed by atoms with Crippen LogP contribution in [0, 0.1) is 0 Å². The third-order valence-electron chi connectivity index (χ3n) is 5.64. The number of nitrogens with zero attached hydrogens (tertiary/aromatic N) is 3. The van der Waals surface area contributed by atoms with Crippen LogP contribution in [0.25, 0.3) is 10.2 Å². The molecule has 1 atom stereocenters. The molecule has 1 saturated heterocycles. The normalized spacial score (nSPS) is 16.7. The fourth-order valence-electron chi connectivity index (χ4n) is 3.98. The summed E-state index contributed by atoms with van der Waals surface area (Å²) in [4.78, 5) is 34.9. The van der Waals surface area contributed by atoms with Gasteiger partial charge in [-0.1, -0.05) is 13.0 Å². The molecular weight excluding hydrogens is 455 g/mol. The maximum atomic E-state index is 13.0. The first kappa shape index (κ1) is 23.0. The van der Waals surface area contributed by atoms with Crippen molar-refractivity contribution in [2.24, 2.45) is 0 Å². The Hall–Kier alpha value is -3.21. The Morgan fingerprint density at radius 1 is 1.27 bits per heavy atom. The summed E-state index contributed by atoms with van der Waals surface area (Å²) >= 11 is 0.581. The van der Waals surface area contributed by atoms with Gasteiger partial charge in [0.25, 0.3) is 0 Å². The van der Waals surface area contributed by atoms with E-state index in [1.807, 2.05) is 6.92 Å². The lowest BCUT2D eigenvalue weighted by atomic mass is 9.95. The van der Waals surface area contributed by atoms with Crippen LogP contribution >= 0.6 is 11.3 Å². The highest BCUT2D eigenvalue weighted by Crippen LogP contribution is 2.38. The van der Waals surface area contributed by atoms with Crippen molar-refractivity contribution in [3.05, 3.63) is 46.6 Å². The van der Waals surface area contributed by atoms with Crippen molar-refractivity contribution < 1.29 is 22.8 Å². The van der Waals surface area contributed by atoms with E-state index in [2.05, 4.69) is 15.3 Å². The molecule has 1 aliphatic heterocycles. The summed E-state index contributed by atoms with van der Waals surface area (Å²) in [5.74, 6) is -1.14. The number of hydrogen-bond donors (Lipinski definition) is 2. The molecule has 2 amide bonds. The molecule has 3 aromatic rings. The number of benzene rings is 1. The van der Waals surface area contributed by atoms with Gasteiger partial charge >= 0.3 is 18.0 Å². The van der Waals surface area contributed by atoms with Crippen molar-refractivity contribution >= 4 is 44.9 Å². The Morgan fingerprint density at radius 2 is 2.06 bits per heavy atom. The highest BCUT2D eigenvalue weighted by molar-refractivity contribution is 7.18. The molecule has 1 aromatic carbocycles. The Balaban J connectivity index is 1.56. The third-order valence-corrected chi connectivity index (χ3v) is 6.72. The Kier molecular flexibility index (Phi) is 6.24. The maximum Gasteiger partial charge on any atom is 0.443 e. The molecule has 0 saturated carbocycles. The van der Waals surface area contributed by atoms with Gasteiger partial charge in [-0.25, -0.2) is 9.97 Å². The minimum atomic E-state index is -4.51. The maximum absolute atomic E-state index is 13.0. The molecule has 2 aromatic heterocycles. The number of nitrogens with two attached hydrogens (primary N) is 1. The number of nitrogens with one attached hydrogen (secondary N) is 1. The number of nitrogen functional groups attached to an aromatic ring is 1. The number of carbonyl (C=O) groups is 2. The molecule has 0 unspecified atom stereocenters. The van der Waals surface area contributed by atoms with Gasteiger partial charge in [-0.3, -0.25) is 9.59 Å². The third kappa shape index (κ3) is 4.77. The second-order valence-electron chi connectivity index (χ2n) is 7.83. The summed E-state index contributed by atoms with van der Waals surface area (Å²) in [6.07, 6.45) is -0.327. The smallest absolute Gasteiger partial charge is 0.383 e. The molecule has 0 radical (unpaired) electrons. The Bertz CT molecular complexity index is 1210. The lowest BCUT2D eigenvalue weighted by Crippen LogP contribution is -2.44. The van der Waals surface area contributed by atoms with E-state index < -0.39 is 29.0 Å². The molecule has 4 rings (SSSR count). The highest BCUT2D eigenvalue weighted by atomic mass is 32.1. The van der Waals surface area contributed by atoms with Gasteiger partial charge < -0.3 is 16.0 Å². The zero-order chi connectivity index (χ0) is 23.8. The number of hydrogen-bond acceptors (Lipinski definition) is 6. The van der Waals surface area contributed by atoms with Gasteiger partial charge in [-0.05, 0) is 55.0 Å². The number of aromatic nitrogens is 2. The SMILES string of the molecule is CCc1cc(NC(=O)C(=O)N2CCCC[C@H]2c2ccc3sc(C(F)(F)F)nc3c2)cnc1N. The summed E-state index contributed by atoms with van der Waals surface area (Å²) in [5.41, 5.74) is 7.80. The first-order chi connectivity index (χ1) is 15.7. The molecular formula is C22H22F3N5O2S. The number of carbonyl (C=O) groups excluding carboxylic acids is 2. The first-order valence-corrected chi connectivity index (χ1v) is 11.3. The van der Waals surface area contributed by atoms with E-state index in [1.165, 1.54) is 11.1 Å². The molecule has 174 valence electrons. The number of rotatable bonds is 3. The van der Waals surface area contributed by atoms with Gasteiger partial charge in [0.1, 0.15) is 5.82 Å². The molecule has 33 heavy (non-hydrogen) atoms. The molecule has 1 aliphatic rings. The second kappa shape index (κ2) is 8.97. The molecule has 11 heteroatoms. The van der Waals surface area contributed by atoms with E-state index in [0.29, 0.717) is 52.5 Å². The van der Waals surface area contributed by atoms with Crippen LogP contribution < -0.4 is 11.1 Å². The van der Waals surface area contributed by atoms with E-state index in [1.54, 1.807) is 24.3 Å². The molecule has 3 N–H and O–H groups in total. The number of anilines is 2.